The SMILES string of the molecule is NCC(c1cc(F)ccc1[N+](=O)[O-])C(F)F. The van der Waals surface area contributed by atoms with E-state index in [1.54, 1.807) is 0 Å². The van der Waals surface area contributed by atoms with Crippen LogP contribution >= 0.6 is 0 Å². The molecule has 1 rings (SSSR count). The molecule has 0 aliphatic carbocycles. The quantitative estimate of drug-likeness (QED) is 0.640. The van der Waals surface area contributed by atoms with Crippen molar-refractivity contribution in [1.29, 1.82) is 0 Å². The number of nitrogens with zero attached hydrogens (tertiary/aromatic N) is 1. The zero-order chi connectivity index (χ0) is 12.3. The van der Waals surface area contributed by atoms with Crippen LogP contribution in [0.15, 0.2) is 18.2 Å². The Morgan fingerprint density at radius 3 is 2.50 bits per heavy atom. The highest BCUT2D eigenvalue weighted by Gasteiger charge is 2.28. The summed E-state index contributed by atoms with van der Waals surface area (Å²) in [6.07, 6.45) is -2.87. The molecule has 0 aliphatic rings. The maximum atomic E-state index is 12.9. The highest BCUT2D eigenvalue weighted by atomic mass is 19.3. The molecule has 0 aliphatic heterocycles. The lowest BCUT2D eigenvalue weighted by Crippen LogP contribution is -2.20. The predicted molar refractivity (Wildman–Crippen MR) is 50.9 cm³/mol. The molecule has 7 heteroatoms. The van der Waals surface area contributed by atoms with E-state index in [0.29, 0.717) is 0 Å². The third kappa shape index (κ3) is 2.48. The van der Waals surface area contributed by atoms with E-state index in [4.69, 9.17) is 5.73 Å². The van der Waals surface area contributed by atoms with Crippen LogP contribution in [0.4, 0.5) is 18.9 Å². The molecular weight excluding hydrogens is 225 g/mol. The summed E-state index contributed by atoms with van der Waals surface area (Å²) in [6, 6.07) is 2.43. The monoisotopic (exact) mass is 234 g/mol. The Bertz CT molecular complexity index is 398. The molecule has 1 aromatic carbocycles. The average molecular weight is 234 g/mol. The number of hydrogen-bond acceptors (Lipinski definition) is 3. The van der Waals surface area contributed by atoms with E-state index in [0.717, 1.165) is 18.2 Å². The van der Waals surface area contributed by atoms with Crippen molar-refractivity contribution in [2.45, 2.75) is 12.3 Å². The van der Waals surface area contributed by atoms with Gasteiger partial charge < -0.3 is 5.73 Å². The summed E-state index contributed by atoms with van der Waals surface area (Å²) in [5.74, 6) is -2.34. The van der Waals surface area contributed by atoms with E-state index in [2.05, 4.69) is 0 Å². The van der Waals surface area contributed by atoms with Gasteiger partial charge in [0, 0.05) is 18.2 Å². The Kier molecular flexibility index (Phi) is 3.83. The van der Waals surface area contributed by atoms with Gasteiger partial charge in [0.25, 0.3) is 5.69 Å². The minimum atomic E-state index is -2.87. The first kappa shape index (κ1) is 12.4. The fraction of sp³-hybridized carbons (Fsp3) is 0.333. The van der Waals surface area contributed by atoms with Crippen molar-refractivity contribution in [3.8, 4) is 0 Å². The molecule has 1 atom stereocenters. The number of rotatable bonds is 4. The molecule has 1 aromatic rings. The molecule has 16 heavy (non-hydrogen) atoms. The third-order valence-corrected chi connectivity index (χ3v) is 2.14. The summed E-state index contributed by atoms with van der Waals surface area (Å²) < 4.78 is 37.9. The first-order valence-electron chi connectivity index (χ1n) is 4.39. The van der Waals surface area contributed by atoms with E-state index in [-0.39, 0.29) is 5.56 Å². The van der Waals surface area contributed by atoms with Gasteiger partial charge in [-0.25, -0.2) is 13.2 Å². The first-order valence-corrected chi connectivity index (χ1v) is 4.39. The van der Waals surface area contributed by atoms with Crippen LogP contribution < -0.4 is 5.73 Å². The van der Waals surface area contributed by atoms with Crippen LogP contribution in [0.3, 0.4) is 0 Å². The summed E-state index contributed by atoms with van der Waals surface area (Å²) in [5, 5.41) is 10.6. The molecule has 0 amide bonds. The number of benzene rings is 1. The van der Waals surface area contributed by atoms with Crippen LogP contribution in [-0.4, -0.2) is 17.9 Å². The van der Waals surface area contributed by atoms with E-state index in [9.17, 15) is 23.3 Å². The molecule has 0 radical (unpaired) electrons. The Morgan fingerprint density at radius 2 is 2.06 bits per heavy atom. The molecule has 4 nitrogen and oxygen atoms in total. The second-order valence-corrected chi connectivity index (χ2v) is 3.14. The second kappa shape index (κ2) is 4.93. The molecule has 0 spiro atoms. The Hall–Kier alpha value is -1.63. The Balaban J connectivity index is 3.27. The summed E-state index contributed by atoms with van der Waals surface area (Å²) >= 11 is 0. The molecule has 0 aromatic heterocycles. The number of halogens is 3. The van der Waals surface area contributed by atoms with Crippen LogP contribution in [0.1, 0.15) is 11.5 Å². The summed E-state index contributed by atoms with van der Waals surface area (Å²) in [4.78, 5) is 9.74. The molecular formula is C9H9F3N2O2. The van der Waals surface area contributed by atoms with Gasteiger partial charge in [0.2, 0.25) is 6.43 Å². The summed E-state index contributed by atoms with van der Waals surface area (Å²) in [5.41, 5.74) is 4.18. The van der Waals surface area contributed by atoms with Gasteiger partial charge in [0.15, 0.2) is 0 Å². The van der Waals surface area contributed by atoms with E-state index >= 15 is 0 Å². The maximum Gasteiger partial charge on any atom is 0.273 e. The Labute approximate surface area is 89.0 Å². The van der Waals surface area contributed by atoms with Crippen LogP contribution in [0.5, 0.6) is 0 Å². The smallest absolute Gasteiger partial charge is 0.273 e. The third-order valence-electron chi connectivity index (χ3n) is 2.14. The molecule has 0 saturated carbocycles. The topological polar surface area (TPSA) is 69.2 Å². The number of alkyl halides is 2. The lowest BCUT2D eigenvalue weighted by atomic mass is 9.98. The van der Waals surface area contributed by atoms with Crippen LogP contribution in [0.2, 0.25) is 0 Å². The number of hydrogen-bond donors (Lipinski definition) is 1. The zero-order valence-corrected chi connectivity index (χ0v) is 8.07. The molecule has 0 bridgehead atoms. The minimum absolute atomic E-state index is 0.373. The number of nitro groups is 1. The molecule has 88 valence electrons. The molecule has 0 fully saturated rings. The minimum Gasteiger partial charge on any atom is -0.330 e. The van der Waals surface area contributed by atoms with E-state index in [1.165, 1.54) is 0 Å². The fourth-order valence-corrected chi connectivity index (χ4v) is 1.35. The Morgan fingerprint density at radius 1 is 1.44 bits per heavy atom. The fourth-order valence-electron chi connectivity index (χ4n) is 1.35. The molecule has 2 N–H and O–H groups in total. The number of nitrogens with two attached hydrogens (primary N) is 1. The van der Waals surface area contributed by atoms with Gasteiger partial charge in [-0.2, -0.15) is 0 Å². The molecule has 0 heterocycles. The maximum absolute atomic E-state index is 12.9. The number of nitro benzene ring substituents is 1. The highest BCUT2D eigenvalue weighted by Crippen LogP contribution is 2.30. The lowest BCUT2D eigenvalue weighted by Gasteiger charge is -2.13. The van der Waals surface area contributed by atoms with Crippen molar-refractivity contribution in [2.24, 2.45) is 5.73 Å². The largest absolute Gasteiger partial charge is 0.330 e. The van der Waals surface area contributed by atoms with E-state index in [1.807, 2.05) is 0 Å². The molecule has 0 saturated heterocycles. The van der Waals surface area contributed by atoms with Gasteiger partial charge in [-0.05, 0) is 12.1 Å². The van der Waals surface area contributed by atoms with Crippen LogP contribution in [0.25, 0.3) is 0 Å². The molecule has 1 unspecified atom stereocenters. The van der Waals surface area contributed by atoms with Gasteiger partial charge in [-0.3, -0.25) is 10.1 Å². The van der Waals surface area contributed by atoms with Gasteiger partial charge in [0.05, 0.1) is 10.8 Å². The predicted octanol–water partition coefficient (Wildman–Crippen LogP) is 2.04. The van der Waals surface area contributed by atoms with E-state index < -0.39 is 35.3 Å². The van der Waals surface area contributed by atoms with Gasteiger partial charge in [0.1, 0.15) is 5.82 Å². The van der Waals surface area contributed by atoms with Crippen molar-refractivity contribution >= 4 is 5.69 Å². The average Bonchev–Trinajstić information content (AvgIpc) is 2.17. The van der Waals surface area contributed by atoms with Crippen LogP contribution in [-0.2, 0) is 0 Å². The normalized spacial score (nSPS) is 12.8. The highest BCUT2D eigenvalue weighted by molar-refractivity contribution is 5.43. The lowest BCUT2D eigenvalue weighted by molar-refractivity contribution is -0.385. The standard InChI is InChI=1S/C9H9F3N2O2/c10-5-1-2-8(14(15)16)6(3-5)7(4-13)9(11)12/h1-3,7,9H,4,13H2. The summed E-state index contributed by atoms with van der Waals surface area (Å²) in [6.45, 7) is -0.484. The first-order chi connectivity index (χ1) is 7.47. The summed E-state index contributed by atoms with van der Waals surface area (Å²) in [7, 11) is 0. The van der Waals surface area contributed by atoms with Crippen molar-refractivity contribution in [3.05, 3.63) is 39.7 Å². The van der Waals surface area contributed by atoms with Crippen molar-refractivity contribution < 1.29 is 18.1 Å². The zero-order valence-electron chi connectivity index (χ0n) is 8.07. The van der Waals surface area contributed by atoms with Gasteiger partial charge in [-0.15, -0.1) is 0 Å². The van der Waals surface area contributed by atoms with Gasteiger partial charge >= 0.3 is 0 Å². The second-order valence-electron chi connectivity index (χ2n) is 3.14. The van der Waals surface area contributed by atoms with Gasteiger partial charge in [-0.1, -0.05) is 0 Å². The van der Waals surface area contributed by atoms with Crippen LogP contribution in [0, 0.1) is 15.9 Å². The van der Waals surface area contributed by atoms with Crippen molar-refractivity contribution in [2.75, 3.05) is 6.54 Å². The van der Waals surface area contributed by atoms with Crippen molar-refractivity contribution in [1.82, 2.24) is 0 Å². The van der Waals surface area contributed by atoms with Crippen molar-refractivity contribution in [3.63, 3.8) is 0 Å².